The number of hydrogen-bond acceptors (Lipinski definition) is 2. The number of nitrogens with one attached hydrogen (secondary N) is 1. The predicted molar refractivity (Wildman–Crippen MR) is 87.0 cm³/mol. The normalized spacial score (nSPS) is 10.3. The highest BCUT2D eigenvalue weighted by molar-refractivity contribution is 9.10. The Labute approximate surface area is 130 Å². The molecule has 2 rings (SSSR count). The standard InChI is InChI=1S/C15H15Br2NO/c1-11-10-13(4-7-15(11)17)18-8-9-19-14-5-2-12(16)3-6-14/h2-7,10,18H,8-9H2,1H3. The van der Waals surface area contributed by atoms with Crippen LogP contribution >= 0.6 is 31.9 Å². The number of halogens is 2. The fourth-order valence-electron chi connectivity index (χ4n) is 1.65. The van der Waals surface area contributed by atoms with Gasteiger partial charge in [-0.15, -0.1) is 0 Å². The molecule has 0 aromatic heterocycles. The molecule has 0 unspecified atom stereocenters. The molecule has 0 aliphatic rings. The van der Waals surface area contributed by atoms with Crippen LogP contribution in [0.5, 0.6) is 5.75 Å². The van der Waals surface area contributed by atoms with Crippen molar-refractivity contribution in [3.05, 3.63) is 57.0 Å². The first-order chi connectivity index (χ1) is 9.15. The largest absolute Gasteiger partial charge is 0.492 e. The molecule has 100 valence electrons. The van der Waals surface area contributed by atoms with Gasteiger partial charge in [-0.2, -0.15) is 0 Å². The van der Waals surface area contributed by atoms with Crippen LogP contribution in [0.1, 0.15) is 5.56 Å². The third kappa shape index (κ3) is 4.55. The molecule has 0 atom stereocenters. The van der Waals surface area contributed by atoms with Gasteiger partial charge in [0.1, 0.15) is 12.4 Å². The number of rotatable bonds is 5. The van der Waals surface area contributed by atoms with Crippen molar-refractivity contribution in [1.29, 1.82) is 0 Å². The Kier molecular flexibility index (Phi) is 5.28. The molecule has 0 spiro atoms. The SMILES string of the molecule is Cc1cc(NCCOc2ccc(Br)cc2)ccc1Br. The summed E-state index contributed by atoms with van der Waals surface area (Å²) in [6.07, 6.45) is 0. The smallest absolute Gasteiger partial charge is 0.119 e. The van der Waals surface area contributed by atoms with E-state index < -0.39 is 0 Å². The molecule has 4 heteroatoms. The average Bonchev–Trinajstić information content (AvgIpc) is 2.41. The molecule has 0 bridgehead atoms. The van der Waals surface area contributed by atoms with Crippen LogP contribution in [0.3, 0.4) is 0 Å². The highest BCUT2D eigenvalue weighted by Gasteiger charge is 1.97. The summed E-state index contributed by atoms with van der Waals surface area (Å²) in [5, 5.41) is 3.34. The van der Waals surface area contributed by atoms with Crippen LogP contribution in [0.4, 0.5) is 5.69 Å². The van der Waals surface area contributed by atoms with E-state index in [4.69, 9.17) is 4.74 Å². The van der Waals surface area contributed by atoms with Gasteiger partial charge in [-0.25, -0.2) is 0 Å². The predicted octanol–water partition coefficient (Wildman–Crippen LogP) is 5.01. The molecule has 0 fully saturated rings. The van der Waals surface area contributed by atoms with E-state index in [9.17, 15) is 0 Å². The van der Waals surface area contributed by atoms with Crippen LogP contribution in [-0.2, 0) is 0 Å². The molecule has 2 nitrogen and oxygen atoms in total. The van der Waals surface area contributed by atoms with Gasteiger partial charge in [-0.1, -0.05) is 31.9 Å². The van der Waals surface area contributed by atoms with Crippen molar-refractivity contribution in [3.63, 3.8) is 0 Å². The zero-order chi connectivity index (χ0) is 13.7. The zero-order valence-corrected chi connectivity index (χ0v) is 13.8. The third-order valence-electron chi connectivity index (χ3n) is 2.67. The van der Waals surface area contributed by atoms with E-state index >= 15 is 0 Å². The monoisotopic (exact) mass is 383 g/mol. The first kappa shape index (κ1) is 14.4. The summed E-state index contributed by atoms with van der Waals surface area (Å²) in [7, 11) is 0. The molecule has 0 saturated heterocycles. The Morgan fingerprint density at radius 1 is 1.05 bits per heavy atom. The van der Waals surface area contributed by atoms with Gasteiger partial charge in [0, 0.05) is 21.2 Å². The van der Waals surface area contributed by atoms with E-state index in [1.165, 1.54) is 5.56 Å². The molecule has 19 heavy (non-hydrogen) atoms. The van der Waals surface area contributed by atoms with Crippen molar-refractivity contribution in [1.82, 2.24) is 0 Å². The first-order valence-electron chi connectivity index (χ1n) is 6.03. The number of anilines is 1. The van der Waals surface area contributed by atoms with Gasteiger partial charge in [0.05, 0.1) is 0 Å². The van der Waals surface area contributed by atoms with Crippen molar-refractivity contribution in [3.8, 4) is 5.75 Å². The van der Waals surface area contributed by atoms with Crippen LogP contribution in [0, 0.1) is 6.92 Å². The van der Waals surface area contributed by atoms with Gasteiger partial charge in [-0.3, -0.25) is 0 Å². The van der Waals surface area contributed by atoms with Gasteiger partial charge in [0.15, 0.2) is 0 Å². The highest BCUT2D eigenvalue weighted by atomic mass is 79.9. The maximum absolute atomic E-state index is 5.64. The van der Waals surface area contributed by atoms with Crippen molar-refractivity contribution in [2.24, 2.45) is 0 Å². The summed E-state index contributed by atoms with van der Waals surface area (Å²) in [6, 6.07) is 14.1. The van der Waals surface area contributed by atoms with Crippen LogP contribution in [0.25, 0.3) is 0 Å². The Morgan fingerprint density at radius 3 is 2.47 bits per heavy atom. The minimum Gasteiger partial charge on any atom is -0.492 e. The second kappa shape index (κ2) is 6.96. The molecule has 0 saturated carbocycles. The lowest BCUT2D eigenvalue weighted by Gasteiger charge is -2.09. The van der Waals surface area contributed by atoms with Gasteiger partial charge in [0.2, 0.25) is 0 Å². The molecule has 0 radical (unpaired) electrons. The summed E-state index contributed by atoms with van der Waals surface area (Å²) in [4.78, 5) is 0. The Bertz CT molecular complexity index is 540. The topological polar surface area (TPSA) is 21.3 Å². The van der Waals surface area contributed by atoms with E-state index in [-0.39, 0.29) is 0 Å². The van der Waals surface area contributed by atoms with Crippen LogP contribution < -0.4 is 10.1 Å². The zero-order valence-electron chi connectivity index (χ0n) is 10.6. The van der Waals surface area contributed by atoms with Gasteiger partial charge in [0.25, 0.3) is 0 Å². The number of benzene rings is 2. The molecular weight excluding hydrogens is 370 g/mol. The van der Waals surface area contributed by atoms with Crippen molar-refractivity contribution in [2.75, 3.05) is 18.5 Å². The first-order valence-corrected chi connectivity index (χ1v) is 7.62. The average molecular weight is 385 g/mol. The highest BCUT2D eigenvalue weighted by Crippen LogP contribution is 2.20. The van der Waals surface area contributed by atoms with E-state index in [0.29, 0.717) is 6.61 Å². The summed E-state index contributed by atoms with van der Waals surface area (Å²) in [5.41, 5.74) is 2.33. The molecule has 1 N–H and O–H groups in total. The number of ether oxygens (including phenoxy) is 1. The lowest BCUT2D eigenvalue weighted by molar-refractivity contribution is 0.333. The minimum atomic E-state index is 0.636. The minimum absolute atomic E-state index is 0.636. The second-order valence-electron chi connectivity index (χ2n) is 4.19. The Morgan fingerprint density at radius 2 is 1.79 bits per heavy atom. The fraction of sp³-hybridized carbons (Fsp3) is 0.200. The molecule has 0 aliphatic carbocycles. The van der Waals surface area contributed by atoms with Crippen molar-refractivity contribution >= 4 is 37.5 Å². The summed E-state index contributed by atoms with van der Waals surface area (Å²) < 4.78 is 7.83. The Hall–Kier alpha value is -1.00. The Balaban J connectivity index is 1.77. The van der Waals surface area contributed by atoms with Gasteiger partial charge in [-0.05, 0) is 55.0 Å². The second-order valence-corrected chi connectivity index (χ2v) is 5.96. The van der Waals surface area contributed by atoms with Gasteiger partial charge < -0.3 is 10.1 Å². The maximum Gasteiger partial charge on any atom is 0.119 e. The van der Waals surface area contributed by atoms with E-state index in [1.807, 2.05) is 30.3 Å². The molecular formula is C15H15Br2NO. The lowest BCUT2D eigenvalue weighted by atomic mass is 10.2. The number of hydrogen-bond donors (Lipinski definition) is 1. The quantitative estimate of drug-likeness (QED) is 0.731. The fourth-order valence-corrected chi connectivity index (χ4v) is 2.16. The van der Waals surface area contributed by atoms with Gasteiger partial charge >= 0.3 is 0 Å². The van der Waals surface area contributed by atoms with Crippen LogP contribution in [0.2, 0.25) is 0 Å². The molecule has 0 aliphatic heterocycles. The van der Waals surface area contributed by atoms with Crippen molar-refractivity contribution < 1.29 is 4.74 Å². The van der Waals surface area contributed by atoms with Crippen LogP contribution in [-0.4, -0.2) is 13.2 Å². The third-order valence-corrected chi connectivity index (χ3v) is 4.09. The van der Waals surface area contributed by atoms with E-state index in [1.54, 1.807) is 0 Å². The summed E-state index contributed by atoms with van der Waals surface area (Å²) in [5.74, 6) is 0.886. The summed E-state index contributed by atoms with van der Waals surface area (Å²) in [6.45, 7) is 3.49. The van der Waals surface area contributed by atoms with E-state index in [0.717, 1.165) is 26.9 Å². The lowest BCUT2D eigenvalue weighted by Crippen LogP contribution is -2.11. The molecule has 2 aromatic rings. The molecule has 2 aromatic carbocycles. The summed E-state index contributed by atoms with van der Waals surface area (Å²) >= 11 is 6.89. The molecule has 0 amide bonds. The molecule has 0 heterocycles. The maximum atomic E-state index is 5.64. The van der Waals surface area contributed by atoms with Crippen LogP contribution in [0.15, 0.2) is 51.4 Å². The van der Waals surface area contributed by atoms with Crippen molar-refractivity contribution in [2.45, 2.75) is 6.92 Å². The van der Waals surface area contributed by atoms with E-state index in [2.05, 4.69) is 56.2 Å². The number of aryl methyl sites for hydroxylation is 1.